The van der Waals surface area contributed by atoms with Crippen molar-refractivity contribution < 1.29 is 5.11 Å². The van der Waals surface area contributed by atoms with Gasteiger partial charge in [-0.2, -0.15) is 0 Å². The molecule has 15 heavy (non-hydrogen) atoms. The molecule has 1 heterocycles. The Labute approximate surface area is 93.0 Å². The summed E-state index contributed by atoms with van der Waals surface area (Å²) in [6, 6.07) is 7.27. The fourth-order valence-corrected chi connectivity index (χ4v) is 2.60. The fourth-order valence-electron chi connectivity index (χ4n) is 1.68. The normalized spacial score (nSPS) is 10.5. The van der Waals surface area contributed by atoms with Crippen LogP contribution in [0.25, 0.3) is 11.1 Å². The van der Waals surface area contributed by atoms with Crippen LogP contribution < -0.4 is 5.73 Å². The summed E-state index contributed by atoms with van der Waals surface area (Å²) in [6.07, 6.45) is 0.917. The van der Waals surface area contributed by atoms with E-state index in [-0.39, 0.29) is 0 Å². The highest BCUT2D eigenvalue weighted by Gasteiger charge is 2.09. The predicted molar refractivity (Wildman–Crippen MR) is 65.2 cm³/mol. The van der Waals surface area contributed by atoms with Gasteiger partial charge in [0.25, 0.3) is 0 Å². The largest absolute Gasteiger partial charge is 0.508 e. The molecule has 0 atom stereocenters. The minimum Gasteiger partial charge on any atom is -0.508 e. The van der Waals surface area contributed by atoms with Crippen molar-refractivity contribution in [1.82, 2.24) is 0 Å². The van der Waals surface area contributed by atoms with Gasteiger partial charge in [-0.25, -0.2) is 0 Å². The SMILES string of the molecule is CCc1c(-c2cccc(O)c2)csc1N. The molecule has 0 aliphatic carbocycles. The second kappa shape index (κ2) is 3.95. The molecule has 0 radical (unpaired) electrons. The Hall–Kier alpha value is -1.48. The summed E-state index contributed by atoms with van der Waals surface area (Å²) in [5, 5.41) is 12.3. The number of thiophene rings is 1. The number of benzene rings is 1. The van der Waals surface area contributed by atoms with E-state index in [0.717, 1.165) is 22.5 Å². The Morgan fingerprint density at radius 3 is 2.87 bits per heavy atom. The molecule has 0 bridgehead atoms. The van der Waals surface area contributed by atoms with Gasteiger partial charge in [0.2, 0.25) is 0 Å². The molecule has 2 aromatic rings. The van der Waals surface area contributed by atoms with Crippen molar-refractivity contribution in [3.05, 3.63) is 35.2 Å². The Morgan fingerprint density at radius 2 is 2.20 bits per heavy atom. The zero-order valence-corrected chi connectivity index (χ0v) is 9.34. The maximum Gasteiger partial charge on any atom is 0.116 e. The van der Waals surface area contributed by atoms with Gasteiger partial charge < -0.3 is 10.8 Å². The van der Waals surface area contributed by atoms with Crippen LogP contribution in [0.3, 0.4) is 0 Å². The highest BCUT2D eigenvalue weighted by atomic mass is 32.1. The molecule has 2 rings (SSSR count). The topological polar surface area (TPSA) is 46.2 Å². The smallest absolute Gasteiger partial charge is 0.116 e. The van der Waals surface area contributed by atoms with Gasteiger partial charge in [-0.05, 0) is 35.2 Å². The van der Waals surface area contributed by atoms with Gasteiger partial charge >= 0.3 is 0 Å². The monoisotopic (exact) mass is 219 g/mol. The van der Waals surface area contributed by atoms with Gasteiger partial charge in [-0.15, -0.1) is 11.3 Å². The lowest BCUT2D eigenvalue weighted by molar-refractivity contribution is 0.475. The molecule has 0 amide bonds. The highest BCUT2D eigenvalue weighted by Crippen LogP contribution is 2.34. The van der Waals surface area contributed by atoms with Gasteiger partial charge in [-0.1, -0.05) is 19.1 Å². The van der Waals surface area contributed by atoms with Crippen LogP contribution in [0.4, 0.5) is 5.00 Å². The Balaban J connectivity index is 2.54. The first kappa shape index (κ1) is 10.1. The summed E-state index contributed by atoms with van der Waals surface area (Å²) in [7, 11) is 0. The van der Waals surface area contributed by atoms with Crippen LogP contribution in [0, 0.1) is 0 Å². The molecule has 2 nitrogen and oxygen atoms in total. The minimum atomic E-state index is 0.291. The Kier molecular flexibility index (Phi) is 2.64. The van der Waals surface area contributed by atoms with Crippen LogP contribution in [0.15, 0.2) is 29.6 Å². The third-order valence-corrected chi connectivity index (χ3v) is 3.29. The lowest BCUT2D eigenvalue weighted by atomic mass is 10.0. The van der Waals surface area contributed by atoms with Gasteiger partial charge in [0.1, 0.15) is 5.75 Å². The predicted octanol–water partition coefficient (Wildman–Crippen LogP) is 3.27. The van der Waals surface area contributed by atoms with E-state index in [2.05, 4.69) is 6.92 Å². The number of hydrogen-bond acceptors (Lipinski definition) is 3. The van der Waals surface area contributed by atoms with Crippen molar-refractivity contribution in [2.45, 2.75) is 13.3 Å². The molecular formula is C12H13NOS. The first-order valence-corrected chi connectivity index (χ1v) is 5.75. The molecule has 0 aliphatic rings. The lowest BCUT2D eigenvalue weighted by Crippen LogP contribution is -1.88. The first-order valence-electron chi connectivity index (χ1n) is 4.87. The highest BCUT2D eigenvalue weighted by molar-refractivity contribution is 7.14. The molecule has 3 heteroatoms. The van der Waals surface area contributed by atoms with Crippen LogP contribution in [0.1, 0.15) is 12.5 Å². The molecule has 3 N–H and O–H groups in total. The van der Waals surface area contributed by atoms with Crippen molar-refractivity contribution >= 4 is 16.3 Å². The summed E-state index contributed by atoms with van der Waals surface area (Å²) in [6.45, 7) is 2.09. The molecule has 1 aromatic heterocycles. The van der Waals surface area contributed by atoms with E-state index >= 15 is 0 Å². The van der Waals surface area contributed by atoms with E-state index in [4.69, 9.17) is 5.73 Å². The van der Waals surface area contributed by atoms with Crippen LogP contribution in [0.2, 0.25) is 0 Å². The first-order chi connectivity index (χ1) is 7.22. The molecule has 0 unspecified atom stereocenters. The molecule has 0 saturated heterocycles. The summed E-state index contributed by atoms with van der Waals surface area (Å²) in [5.41, 5.74) is 9.22. The van der Waals surface area contributed by atoms with E-state index < -0.39 is 0 Å². The zero-order chi connectivity index (χ0) is 10.8. The molecule has 0 aliphatic heterocycles. The van der Waals surface area contributed by atoms with Gasteiger partial charge in [0.05, 0.1) is 5.00 Å². The van der Waals surface area contributed by atoms with Crippen molar-refractivity contribution in [2.24, 2.45) is 0 Å². The van der Waals surface area contributed by atoms with Crippen molar-refractivity contribution in [2.75, 3.05) is 5.73 Å². The average molecular weight is 219 g/mol. The summed E-state index contributed by atoms with van der Waals surface area (Å²) < 4.78 is 0. The maximum atomic E-state index is 9.42. The molecular weight excluding hydrogens is 206 g/mol. The fraction of sp³-hybridized carbons (Fsp3) is 0.167. The van der Waals surface area contributed by atoms with Crippen molar-refractivity contribution in [3.63, 3.8) is 0 Å². The number of nitrogen functional groups attached to an aromatic ring is 1. The number of rotatable bonds is 2. The van der Waals surface area contributed by atoms with Crippen molar-refractivity contribution in [3.8, 4) is 16.9 Å². The zero-order valence-electron chi connectivity index (χ0n) is 8.53. The van der Waals surface area contributed by atoms with E-state index in [1.54, 1.807) is 23.5 Å². The van der Waals surface area contributed by atoms with E-state index in [1.807, 2.05) is 17.5 Å². The maximum absolute atomic E-state index is 9.42. The quantitative estimate of drug-likeness (QED) is 0.814. The van der Waals surface area contributed by atoms with Crippen molar-refractivity contribution in [1.29, 1.82) is 0 Å². The van der Waals surface area contributed by atoms with Gasteiger partial charge in [0, 0.05) is 5.38 Å². The van der Waals surface area contributed by atoms with Gasteiger partial charge in [0.15, 0.2) is 0 Å². The molecule has 1 aromatic carbocycles. The van der Waals surface area contributed by atoms with Crippen LogP contribution >= 0.6 is 11.3 Å². The molecule has 78 valence electrons. The second-order valence-electron chi connectivity index (χ2n) is 3.40. The standard InChI is InChI=1S/C12H13NOS/c1-2-10-11(7-15-12(10)13)8-4-3-5-9(14)6-8/h3-7,14H,2,13H2,1H3. The van der Waals surface area contributed by atoms with E-state index in [1.165, 1.54) is 5.56 Å². The second-order valence-corrected chi connectivity index (χ2v) is 4.31. The number of phenols is 1. The van der Waals surface area contributed by atoms with E-state index in [0.29, 0.717) is 5.75 Å². The average Bonchev–Trinajstić information content (AvgIpc) is 2.59. The molecule has 0 spiro atoms. The summed E-state index contributed by atoms with van der Waals surface area (Å²) in [5.74, 6) is 0.291. The number of nitrogens with two attached hydrogens (primary N) is 1. The molecule has 0 fully saturated rings. The molecule has 0 saturated carbocycles. The number of aromatic hydroxyl groups is 1. The van der Waals surface area contributed by atoms with Crippen LogP contribution in [-0.2, 0) is 6.42 Å². The number of anilines is 1. The van der Waals surface area contributed by atoms with E-state index in [9.17, 15) is 5.11 Å². The minimum absolute atomic E-state index is 0.291. The Bertz CT molecular complexity index is 476. The van der Waals surface area contributed by atoms with Gasteiger partial charge in [-0.3, -0.25) is 0 Å². The van der Waals surface area contributed by atoms with Crippen LogP contribution in [-0.4, -0.2) is 5.11 Å². The Morgan fingerprint density at radius 1 is 1.40 bits per heavy atom. The third kappa shape index (κ3) is 1.83. The summed E-state index contributed by atoms with van der Waals surface area (Å²) in [4.78, 5) is 0. The number of hydrogen-bond donors (Lipinski definition) is 2. The summed E-state index contributed by atoms with van der Waals surface area (Å²) >= 11 is 1.55. The van der Waals surface area contributed by atoms with Crippen LogP contribution in [0.5, 0.6) is 5.75 Å². The lowest BCUT2D eigenvalue weighted by Gasteiger charge is -2.03. The third-order valence-electron chi connectivity index (χ3n) is 2.44. The number of phenolic OH excluding ortho intramolecular Hbond substituents is 1.